The SMILES string of the molecule is C[C@H](NCc1ccn(-c2ccccc2)n1)c1ccncc1. The number of hydrogen-bond acceptors (Lipinski definition) is 3. The van der Waals surface area contributed by atoms with Crippen molar-refractivity contribution in [2.24, 2.45) is 0 Å². The molecule has 0 fully saturated rings. The summed E-state index contributed by atoms with van der Waals surface area (Å²) in [6, 6.07) is 16.5. The van der Waals surface area contributed by atoms with Crippen LogP contribution in [0.5, 0.6) is 0 Å². The Morgan fingerprint density at radius 3 is 2.57 bits per heavy atom. The predicted molar refractivity (Wildman–Crippen MR) is 83.1 cm³/mol. The molecule has 0 bridgehead atoms. The second-order valence-electron chi connectivity index (χ2n) is 4.97. The number of aromatic nitrogens is 3. The van der Waals surface area contributed by atoms with Crippen molar-refractivity contribution >= 4 is 0 Å². The van der Waals surface area contributed by atoms with Crippen LogP contribution in [0.1, 0.15) is 24.2 Å². The summed E-state index contributed by atoms with van der Waals surface area (Å²) in [7, 11) is 0. The van der Waals surface area contributed by atoms with E-state index in [0.29, 0.717) is 0 Å². The molecule has 106 valence electrons. The summed E-state index contributed by atoms with van der Waals surface area (Å²) in [6.07, 6.45) is 5.62. The molecular formula is C17H18N4. The first-order valence-corrected chi connectivity index (χ1v) is 7.06. The first-order valence-electron chi connectivity index (χ1n) is 7.06. The third-order valence-corrected chi connectivity index (χ3v) is 3.46. The summed E-state index contributed by atoms with van der Waals surface area (Å²) in [4.78, 5) is 4.04. The number of rotatable bonds is 5. The molecule has 0 radical (unpaired) electrons. The average Bonchev–Trinajstić information content (AvgIpc) is 3.03. The molecule has 0 unspecified atom stereocenters. The molecule has 0 saturated carbocycles. The summed E-state index contributed by atoms with van der Waals surface area (Å²) in [5.41, 5.74) is 3.33. The lowest BCUT2D eigenvalue weighted by Crippen LogP contribution is -2.18. The van der Waals surface area contributed by atoms with Gasteiger partial charge >= 0.3 is 0 Å². The van der Waals surface area contributed by atoms with E-state index in [1.54, 1.807) is 0 Å². The van der Waals surface area contributed by atoms with E-state index in [9.17, 15) is 0 Å². The standard InChI is InChI=1S/C17H18N4/c1-14(15-7-10-18-11-8-15)19-13-16-9-12-21(20-16)17-5-3-2-4-6-17/h2-12,14,19H,13H2,1H3/t14-/m0/s1. The molecule has 4 heteroatoms. The number of pyridine rings is 1. The van der Waals surface area contributed by atoms with Crippen molar-refractivity contribution in [1.82, 2.24) is 20.1 Å². The molecule has 4 nitrogen and oxygen atoms in total. The Balaban J connectivity index is 1.63. The quantitative estimate of drug-likeness (QED) is 0.779. The Kier molecular flexibility index (Phi) is 4.07. The van der Waals surface area contributed by atoms with Gasteiger partial charge in [-0.2, -0.15) is 5.10 Å². The van der Waals surface area contributed by atoms with Crippen molar-refractivity contribution in [2.45, 2.75) is 19.5 Å². The zero-order valence-corrected chi connectivity index (χ0v) is 12.0. The zero-order valence-electron chi connectivity index (χ0n) is 12.0. The molecule has 1 N–H and O–H groups in total. The maximum absolute atomic E-state index is 4.59. The molecule has 2 aromatic heterocycles. The van der Waals surface area contributed by atoms with Crippen LogP contribution in [0.15, 0.2) is 67.1 Å². The molecule has 0 aliphatic heterocycles. The number of nitrogens with one attached hydrogen (secondary N) is 1. The second-order valence-corrected chi connectivity index (χ2v) is 4.97. The Bertz CT molecular complexity index is 676. The average molecular weight is 278 g/mol. The Morgan fingerprint density at radius 1 is 1.05 bits per heavy atom. The highest BCUT2D eigenvalue weighted by Gasteiger charge is 2.06. The molecule has 2 heterocycles. The van der Waals surface area contributed by atoms with Crippen molar-refractivity contribution in [3.63, 3.8) is 0 Å². The van der Waals surface area contributed by atoms with E-state index in [1.807, 2.05) is 71.8 Å². The highest BCUT2D eigenvalue weighted by Crippen LogP contribution is 2.12. The van der Waals surface area contributed by atoms with Crippen molar-refractivity contribution in [3.05, 3.63) is 78.4 Å². The molecule has 3 rings (SSSR count). The molecule has 0 saturated heterocycles. The first-order chi connectivity index (χ1) is 10.3. The Hall–Kier alpha value is -2.46. The lowest BCUT2D eigenvalue weighted by Gasteiger charge is -2.12. The van der Waals surface area contributed by atoms with E-state index in [4.69, 9.17) is 0 Å². The van der Waals surface area contributed by atoms with Crippen LogP contribution < -0.4 is 5.32 Å². The molecule has 1 atom stereocenters. The summed E-state index contributed by atoms with van der Waals surface area (Å²) in [6.45, 7) is 2.88. The number of benzene rings is 1. The van der Waals surface area contributed by atoms with Gasteiger partial charge in [-0.25, -0.2) is 4.68 Å². The Morgan fingerprint density at radius 2 is 1.81 bits per heavy atom. The number of para-hydroxylation sites is 1. The van der Waals surface area contributed by atoms with Gasteiger partial charge in [-0.05, 0) is 42.8 Å². The van der Waals surface area contributed by atoms with Crippen LogP contribution >= 0.6 is 0 Å². The summed E-state index contributed by atoms with van der Waals surface area (Å²) < 4.78 is 1.90. The lowest BCUT2D eigenvalue weighted by molar-refractivity contribution is 0.564. The van der Waals surface area contributed by atoms with Crippen LogP contribution in [0, 0.1) is 0 Å². The third-order valence-electron chi connectivity index (χ3n) is 3.46. The van der Waals surface area contributed by atoms with Crippen molar-refractivity contribution in [1.29, 1.82) is 0 Å². The molecule has 0 spiro atoms. The van der Waals surface area contributed by atoms with E-state index < -0.39 is 0 Å². The van der Waals surface area contributed by atoms with Crippen LogP contribution in [0.25, 0.3) is 5.69 Å². The minimum atomic E-state index is 0.273. The van der Waals surface area contributed by atoms with Gasteiger partial charge in [0.1, 0.15) is 0 Å². The van der Waals surface area contributed by atoms with Gasteiger partial charge in [0, 0.05) is 31.2 Å². The molecule has 0 amide bonds. The van der Waals surface area contributed by atoms with E-state index in [1.165, 1.54) is 5.56 Å². The smallest absolute Gasteiger partial charge is 0.0767 e. The fourth-order valence-corrected chi connectivity index (χ4v) is 2.21. The van der Waals surface area contributed by atoms with Crippen molar-refractivity contribution < 1.29 is 0 Å². The van der Waals surface area contributed by atoms with Crippen LogP contribution in [-0.2, 0) is 6.54 Å². The highest BCUT2D eigenvalue weighted by molar-refractivity contribution is 5.30. The van der Waals surface area contributed by atoms with Gasteiger partial charge in [-0.1, -0.05) is 18.2 Å². The first kappa shape index (κ1) is 13.5. The van der Waals surface area contributed by atoms with Crippen LogP contribution in [0.4, 0.5) is 0 Å². The van der Waals surface area contributed by atoms with Gasteiger partial charge in [0.2, 0.25) is 0 Å². The monoisotopic (exact) mass is 278 g/mol. The molecule has 3 aromatic rings. The molecule has 1 aromatic carbocycles. The van der Waals surface area contributed by atoms with Crippen molar-refractivity contribution in [2.75, 3.05) is 0 Å². The maximum Gasteiger partial charge on any atom is 0.0767 e. The maximum atomic E-state index is 4.59. The molecule has 0 aliphatic rings. The van der Waals surface area contributed by atoms with Gasteiger partial charge in [0.15, 0.2) is 0 Å². The van der Waals surface area contributed by atoms with Gasteiger partial charge in [-0.15, -0.1) is 0 Å². The fourth-order valence-electron chi connectivity index (χ4n) is 2.21. The summed E-state index contributed by atoms with van der Waals surface area (Å²) in [5.74, 6) is 0. The predicted octanol–water partition coefficient (Wildman–Crippen LogP) is 3.12. The molecule has 21 heavy (non-hydrogen) atoms. The van der Waals surface area contributed by atoms with E-state index in [2.05, 4.69) is 22.3 Å². The molecular weight excluding hydrogens is 260 g/mol. The number of nitrogens with zero attached hydrogens (tertiary/aromatic N) is 3. The lowest BCUT2D eigenvalue weighted by atomic mass is 10.1. The van der Waals surface area contributed by atoms with Crippen LogP contribution in [0.2, 0.25) is 0 Å². The summed E-state index contributed by atoms with van der Waals surface area (Å²) >= 11 is 0. The highest BCUT2D eigenvalue weighted by atomic mass is 15.3. The normalized spacial score (nSPS) is 12.2. The van der Waals surface area contributed by atoms with Gasteiger partial charge in [0.05, 0.1) is 11.4 Å². The topological polar surface area (TPSA) is 42.7 Å². The largest absolute Gasteiger partial charge is 0.304 e. The van der Waals surface area contributed by atoms with Crippen LogP contribution in [-0.4, -0.2) is 14.8 Å². The minimum Gasteiger partial charge on any atom is -0.304 e. The minimum absolute atomic E-state index is 0.273. The second kappa shape index (κ2) is 6.33. The van der Waals surface area contributed by atoms with E-state index in [0.717, 1.165) is 17.9 Å². The fraction of sp³-hybridized carbons (Fsp3) is 0.176. The Labute approximate surface area is 124 Å². The van der Waals surface area contributed by atoms with Crippen molar-refractivity contribution in [3.8, 4) is 5.69 Å². The van der Waals surface area contributed by atoms with E-state index in [-0.39, 0.29) is 6.04 Å². The van der Waals surface area contributed by atoms with Gasteiger partial charge < -0.3 is 5.32 Å². The third kappa shape index (κ3) is 3.35. The molecule has 0 aliphatic carbocycles. The van der Waals surface area contributed by atoms with E-state index >= 15 is 0 Å². The zero-order chi connectivity index (χ0) is 14.5. The number of hydrogen-bond donors (Lipinski definition) is 1. The van der Waals surface area contributed by atoms with Crippen LogP contribution in [0.3, 0.4) is 0 Å². The van der Waals surface area contributed by atoms with Gasteiger partial charge in [0.25, 0.3) is 0 Å². The van der Waals surface area contributed by atoms with Gasteiger partial charge in [-0.3, -0.25) is 4.98 Å². The summed E-state index contributed by atoms with van der Waals surface area (Å²) in [5, 5.41) is 8.06.